The van der Waals surface area contributed by atoms with E-state index in [1.165, 1.54) is 78.7 Å². The number of nitrogens with zero attached hydrogens (tertiary/aromatic N) is 3. The Morgan fingerprint density at radius 2 is 1.51 bits per heavy atom. The summed E-state index contributed by atoms with van der Waals surface area (Å²) in [6, 6.07) is 20.3. The molecule has 0 spiro atoms. The highest BCUT2D eigenvalue weighted by Crippen LogP contribution is 2.35. The van der Waals surface area contributed by atoms with Gasteiger partial charge in [-0.3, -0.25) is 9.80 Å². The van der Waals surface area contributed by atoms with E-state index in [1.807, 2.05) is 13.1 Å². The summed E-state index contributed by atoms with van der Waals surface area (Å²) in [4.78, 5) is 5.27. The van der Waals surface area contributed by atoms with Crippen molar-refractivity contribution in [2.45, 2.75) is 58.7 Å². The smallest absolute Gasteiger partial charge is 0.0472 e. The van der Waals surface area contributed by atoms with E-state index in [1.54, 1.807) is 0 Å². The third-order valence-corrected chi connectivity index (χ3v) is 9.09. The van der Waals surface area contributed by atoms with Crippen molar-refractivity contribution in [2.24, 2.45) is 5.92 Å². The number of likely N-dealkylation sites (tertiary alicyclic amines) is 2. The number of benzene rings is 2. The molecule has 2 aliphatic rings. The molecule has 2 aliphatic heterocycles. The topological polar surface area (TPSA) is 23.4 Å². The van der Waals surface area contributed by atoms with E-state index in [2.05, 4.69) is 107 Å². The van der Waals surface area contributed by atoms with E-state index < -0.39 is 0 Å². The van der Waals surface area contributed by atoms with Gasteiger partial charge in [0.05, 0.1) is 0 Å². The predicted octanol–water partition coefficient (Wildman–Crippen LogP) is 7.50. The van der Waals surface area contributed by atoms with E-state index in [0.717, 1.165) is 44.0 Å². The first-order valence-electron chi connectivity index (χ1n) is 15.5. The molecule has 2 aromatic carbocycles. The summed E-state index contributed by atoms with van der Waals surface area (Å²) < 4.78 is 2.38. The highest BCUT2D eigenvalue weighted by Gasteiger charge is 2.25. The van der Waals surface area contributed by atoms with Crippen LogP contribution in [0.1, 0.15) is 65.6 Å². The second kappa shape index (κ2) is 14.0. The van der Waals surface area contributed by atoms with Gasteiger partial charge >= 0.3 is 0 Å². The Hall–Kier alpha value is -3.34. The molecule has 1 N–H and O–H groups in total. The van der Waals surface area contributed by atoms with Crippen LogP contribution in [0.4, 0.5) is 0 Å². The molecular weight excluding hydrogens is 500 g/mol. The second-order valence-corrected chi connectivity index (χ2v) is 11.9. The molecule has 4 nitrogen and oxygen atoms in total. The molecule has 0 bridgehead atoms. The normalized spacial score (nSPS) is 17.5. The molecule has 0 saturated carbocycles. The maximum Gasteiger partial charge on any atom is 0.0472 e. The Morgan fingerprint density at radius 1 is 0.854 bits per heavy atom. The molecule has 5 rings (SSSR count). The minimum absolute atomic E-state index is 0.566. The zero-order valence-corrected chi connectivity index (χ0v) is 25.2. The first-order valence-corrected chi connectivity index (χ1v) is 15.5. The van der Waals surface area contributed by atoms with Crippen molar-refractivity contribution in [3.63, 3.8) is 0 Å². The average Bonchev–Trinajstić information content (AvgIpc) is 3.36. The van der Waals surface area contributed by atoms with Gasteiger partial charge in [0, 0.05) is 44.3 Å². The van der Waals surface area contributed by atoms with Gasteiger partial charge in [0.2, 0.25) is 0 Å². The Kier molecular flexibility index (Phi) is 9.97. The van der Waals surface area contributed by atoms with Gasteiger partial charge in [-0.05, 0) is 104 Å². The lowest BCUT2D eigenvalue weighted by Gasteiger charge is -2.33. The van der Waals surface area contributed by atoms with Crippen molar-refractivity contribution >= 4 is 11.3 Å². The van der Waals surface area contributed by atoms with Crippen LogP contribution in [0.3, 0.4) is 0 Å². The summed E-state index contributed by atoms with van der Waals surface area (Å²) in [7, 11) is 1.91. The van der Waals surface area contributed by atoms with Crippen LogP contribution in [0.2, 0.25) is 0 Å². The first kappa shape index (κ1) is 29.2. The highest BCUT2D eigenvalue weighted by molar-refractivity contribution is 5.71. The number of allylic oxidation sites excluding steroid dienone is 3. The van der Waals surface area contributed by atoms with Crippen molar-refractivity contribution in [3.8, 4) is 0 Å². The third-order valence-electron chi connectivity index (χ3n) is 9.09. The number of hydrogen-bond donors (Lipinski definition) is 1. The maximum absolute atomic E-state index is 4.07. The summed E-state index contributed by atoms with van der Waals surface area (Å²) in [6.45, 7) is 18.2. The molecule has 0 unspecified atom stereocenters. The van der Waals surface area contributed by atoms with Crippen molar-refractivity contribution in [1.29, 1.82) is 0 Å². The van der Waals surface area contributed by atoms with E-state index >= 15 is 0 Å². The Morgan fingerprint density at radius 3 is 2.15 bits per heavy atom. The van der Waals surface area contributed by atoms with Crippen molar-refractivity contribution in [1.82, 2.24) is 19.7 Å². The van der Waals surface area contributed by atoms with Gasteiger partial charge in [-0.1, -0.05) is 80.3 Å². The van der Waals surface area contributed by atoms with Gasteiger partial charge in [-0.25, -0.2) is 0 Å². The summed E-state index contributed by atoms with van der Waals surface area (Å²) >= 11 is 0. The molecule has 2 fully saturated rings. The molecule has 41 heavy (non-hydrogen) atoms. The van der Waals surface area contributed by atoms with Crippen LogP contribution in [-0.2, 0) is 19.6 Å². The predicted molar refractivity (Wildman–Crippen MR) is 175 cm³/mol. The maximum atomic E-state index is 4.07. The second-order valence-electron chi connectivity index (χ2n) is 11.9. The summed E-state index contributed by atoms with van der Waals surface area (Å²) in [5.74, 6) is 0.566. The molecular formula is C37H48N4. The standard InChI is InChI=1S/C37H48N4/c1-5-10-37(36-19-24-41(30(36)3)28-31-13-15-34(16-14-31)29(2)38-4)35-17-22-40(23-18-35)27-33-12-9-11-32(25-33)26-39-20-7-6-8-21-39/h5,9-16,19,24-25,35,38H,1-2,6-8,17-18,20-23,26-28H2,3-4H3/b37-10-. The lowest BCUT2D eigenvalue weighted by atomic mass is 9.84. The van der Waals surface area contributed by atoms with E-state index in [0.29, 0.717) is 5.92 Å². The number of piperidine rings is 2. The van der Waals surface area contributed by atoms with Crippen LogP contribution >= 0.6 is 0 Å². The summed E-state index contributed by atoms with van der Waals surface area (Å²) in [5, 5.41) is 3.13. The van der Waals surface area contributed by atoms with Crippen LogP contribution in [0.25, 0.3) is 11.3 Å². The van der Waals surface area contributed by atoms with Gasteiger partial charge in [0.25, 0.3) is 0 Å². The van der Waals surface area contributed by atoms with Gasteiger partial charge in [-0.2, -0.15) is 0 Å². The Balaban J connectivity index is 1.19. The van der Waals surface area contributed by atoms with Gasteiger partial charge in [0.15, 0.2) is 0 Å². The zero-order chi connectivity index (χ0) is 28.6. The van der Waals surface area contributed by atoms with Crippen molar-refractivity contribution < 1.29 is 0 Å². The number of aromatic nitrogens is 1. The molecule has 3 aromatic rings. The van der Waals surface area contributed by atoms with Gasteiger partial charge in [-0.15, -0.1) is 0 Å². The van der Waals surface area contributed by atoms with E-state index in [9.17, 15) is 0 Å². The molecule has 4 heteroatoms. The van der Waals surface area contributed by atoms with E-state index in [4.69, 9.17) is 0 Å². The van der Waals surface area contributed by atoms with Crippen LogP contribution in [0.15, 0.2) is 86.1 Å². The molecule has 0 amide bonds. The Bertz CT molecular complexity index is 1330. The van der Waals surface area contributed by atoms with Gasteiger partial charge in [0.1, 0.15) is 0 Å². The monoisotopic (exact) mass is 548 g/mol. The first-order chi connectivity index (χ1) is 20.0. The van der Waals surface area contributed by atoms with Crippen LogP contribution in [0.5, 0.6) is 0 Å². The van der Waals surface area contributed by atoms with Gasteiger partial charge < -0.3 is 9.88 Å². The Labute approximate surface area is 248 Å². The lowest BCUT2D eigenvalue weighted by Crippen LogP contribution is -2.33. The lowest BCUT2D eigenvalue weighted by molar-refractivity contribution is 0.198. The molecule has 0 aliphatic carbocycles. The van der Waals surface area contributed by atoms with Crippen molar-refractivity contribution in [2.75, 3.05) is 33.2 Å². The molecule has 1 aromatic heterocycles. The molecule has 0 atom stereocenters. The van der Waals surface area contributed by atoms with Crippen LogP contribution in [0, 0.1) is 12.8 Å². The van der Waals surface area contributed by atoms with Crippen molar-refractivity contribution in [3.05, 3.63) is 120 Å². The minimum Gasteiger partial charge on any atom is -0.388 e. The zero-order valence-electron chi connectivity index (χ0n) is 25.2. The minimum atomic E-state index is 0.566. The number of rotatable bonds is 11. The molecule has 2 saturated heterocycles. The molecule has 0 radical (unpaired) electrons. The third kappa shape index (κ3) is 7.49. The van der Waals surface area contributed by atoms with Crippen LogP contribution in [-0.4, -0.2) is 47.6 Å². The number of hydrogen-bond acceptors (Lipinski definition) is 3. The molecule has 3 heterocycles. The van der Waals surface area contributed by atoms with E-state index in [-0.39, 0.29) is 0 Å². The highest BCUT2D eigenvalue weighted by atomic mass is 15.1. The summed E-state index contributed by atoms with van der Waals surface area (Å²) in [6.07, 6.45) is 12.9. The fourth-order valence-corrected chi connectivity index (χ4v) is 6.62. The quantitative estimate of drug-likeness (QED) is 0.251. The number of nitrogens with one attached hydrogen (secondary N) is 1. The van der Waals surface area contributed by atoms with Crippen LogP contribution < -0.4 is 5.32 Å². The fraction of sp³-hybridized carbons (Fsp3) is 0.405. The molecule has 216 valence electrons. The SMILES string of the molecule is C=C/C=C(\c1ccn(Cc2ccc(C(=C)NC)cc2)c1C)C1CCN(Cc2cccc(CN3CCCCC3)c2)CC1. The summed E-state index contributed by atoms with van der Waals surface area (Å²) in [5.41, 5.74) is 10.4. The average molecular weight is 549 g/mol. The fourth-order valence-electron chi connectivity index (χ4n) is 6.62. The largest absolute Gasteiger partial charge is 0.388 e.